The molecule has 0 saturated heterocycles. The van der Waals surface area contributed by atoms with Crippen LogP contribution in [0.3, 0.4) is 0 Å². The Morgan fingerprint density at radius 1 is 1.67 bits per heavy atom. The fraction of sp³-hybridized carbons (Fsp3) is 0.714. The highest BCUT2D eigenvalue weighted by Crippen LogP contribution is 2.26. The maximum atomic E-state index is 5.29. The van der Waals surface area contributed by atoms with Crippen molar-refractivity contribution in [2.24, 2.45) is 0 Å². The van der Waals surface area contributed by atoms with Crippen molar-refractivity contribution in [3.8, 4) is 0 Å². The van der Waals surface area contributed by atoms with Gasteiger partial charge in [0.05, 0.1) is 0 Å². The van der Waals surface area contributed by atoms with Crippen molar-refractivity contribution in [1.82, 2.24) is 14.8 Å². The lowest BCUT2D eigenvalue weighted by molar-refractivity contribution is 0.0697. The zero-order valence-electron chi connectivity index (χ0n) is 6.83. The van der Waals surface area contributed by atoms with Gasteiger partial charge in [-0.1, -0.05) is 0 Å². The van der Waals surface area contributed by atoms with E-state index in [2.05, 4.69) is 26.0 Å². The molecule has 66 valence electrons. The van der Waals surface area contributed by atoms with E-state index in [-0.39, 0.29) is 6.10 Å². The van der Waals surface area contributed by atoms with Crippen LogP contribution in [0.4, 0.5) is 0 Å². The summed E-state index contributed by atoms with van der Waals surface area (Å²) in [7, 11) is 1.71. The lowest BCUT2D eigenvalue weighted by atomic mass is 10.1. The van der Waals surface area contributed by atoms with Gasteiger partial charge in [0.15, 0.2) is 5.82 Å². The second kappa shape index (κ2) is 3.14. The molecule has 0 saturated carbocycles. The Kier molecular flexibility index (Phi) is 2.14. The van der Waals surface area contributed by atoms with Gasteiger partial charge in [0.25, 0.3) is 0 Å². The van der Waals surface area contributed by atoms with Crippen molar-refractivity contribution in [1.29, 1.82) is 0 Å². The van der Waals surface area contributed by atoms with E-state index in [1.54, 1.807) is 7.11 Å². The summed E-state index contributed by atoms with van der Waals surface area (Å²) in [5, 5.41) is 4.19. The summed E-state index contributed by atoms with van der Waals surface area (Å²) in [6.07, 6.45) is 2.28. The van der Waals surface area contributed by atoms with Gasteiger partial charge in [-0.3, -0.25) is 0 Å². The second-order valence-corrected chi connectivity index (χ2v) is 3.54. The van der Waals surface area contributed by atoms with E-state index in [9.17, 15) is 0 Å². The smallest absolute Gasteiger partial charge is 0.217 e. The van der Waals surface area contributed by atoms with Gasteiger partial charge >= 0.3 is 0 Å². The number of ether oxygens (including phenoxy) is 1. The summed E-state index contributed by atoms with van der Waals surface area (Å²) in [5.41, 5.74) is 0. The molecule has 2 rings (SSSR count). The summed E-state index contributed by atoms with van der Waals surface area (Å²) in [6, 6.07) is 0. The van der Waals surface area contributed by atoms with Crippen molar-refractivity contribution < 1.29 is 4.74 Å². The molecule has 12 heavy (non-hydrogen) atoms. The van der Waals surface area contributed by atoms with Crippen LogP contribution in [0, 0.1) is 0 Å². The minimum Gasteiger partial charge on any atom is -0.373 e. The van der Waals surface area contributed by atoms with E-state index in [1.807, 2.05) is 4.68 Å². The maximum absolute atomic E-state index is 5.29. The van der Waals surface area contributed by atoms with Gasteiger partial charge in [-0.15, -0.1) is 5.10 Å². The summed E-state index contributed by atoms with van der Waals surface area (Å²) >= 11 is 3.25. The predicted molar refractivity (Wildman–Crippen MR) is 46.7 cm³/mol. The number of halogens is 1. The third kappa shape index (κ3) is 1.27. The first kappa shape index (κ1) is 8.19. The largest absolute Gasteiger partial charge is 0.373 e. The van der Waals surface area contributed by atoms with Crippen LogP contribution < -0.4 is 0 Å². The Balaban J connectivity index is 2.36. The maximum Gasteiger partial charge on any atom is 0.217 e. The molecular weight excluding hydrogens is 222 g/mol. The molecule has 0 bridgehead atoms. The SMILES string of the molecule is CO[C@@H]1CCCn2nc(Br)nc21. The summed E-state index contributed by atoms with van der Waals surface area (Å²) in [6.45, 7) is 0.952. The van der Waals surface area contributed by atoms with Gasteiger partial charge in [-0.2, -0.15) is 0 Å². The van der Waals surface area contributed by atoms with E-state index in [1.165, 1.54) is 0 Å². The third-order valence-corrected chi connectivity index (χ3v) is 2.42. The summed E-state index contributed by atoms with van der Waals surface area (Å²) < 4.78 is 7.85. The van der Waals surface area contributed by atoms with Crippen LogP contribution in [0.1, 0.15) is 24.8 Å². The van der Waals surface area contributed by atoms with E-state index >= 15 is 0 Å². The Morgan fingerprint density at radius 3 is 3.25 bits per heavy atom. The normalized spacial score (nSPS) is 22.3. The summed E-state index contributed by atoms with van der Waals surface area (Å²) in [4.78, 5) is 4.25. The molecule has 1 aliphatic rings. The highest BCUT2D eigenvalue weighted by Gasteiger charge is 2.22. The molecule has 0 fully saturated rings. The molecule has 4 nitrogen and oxygen atoms in total. The lowest BCUT2D eigenvalue weighted by Gasteiger charge is -2.20. The molecule has 1 atom stereocenters. The molecule has 0 unspecified atom stereocenters. The minimum absolute atomic E-state index is 0.123. The lowest BCUT2D eigenvalue weighted by Crippen LogP contribution is -2.18. The highest BCUT2D eigenvalue weighted by atomic mass is 79.9. The number of rotatable bonds is 1. The van der Waals surface area contributed by atoms with Gasteiger partial charge in [0.1, 0.15) is 6.10 Å². The molecule has 0 spiro atoms. The molecule has 0 N–H and O–H groups in total. The molecule has 0 radical (unpaired) electrons. The topological polar surface area (TPSA) is 39.9 Å². The average molecular weight is 232 g/mol. The van der Waals surface area contributed by atoms with Crippen LogP contribution in [0.15, 0.2) is 4.73 Å². The van der Waals surface area contributed by atoms with Crippen molar-refractivity contribution in [3.63, 3.8) is 0 Å². The van der Waals surface area contributed by atoms with E-state index in [4.69, 9.17) is 4.74 Å². The Morgan fingerprint density at radius 2 is 2.50 bits per heavy atom. The highest BCUT2D eigenvalue weighted by molar-refractivity contribution is 9.10. The van der Waals surface area contributed by atoms with Gasteiger partial charge < -0.3 is 4.74 Å². The average Bonchev–Trinajstić information content (AvgIpc) is 2.44. The first-order chi connectivity index (χ1) is 5.81. The molecule has 0 aromatic carbocycles. The fourth-order valence-corrected chi connectivity index (χ4v) is 1.88. The van der Waals surface area contributed by atoms with Crippen LogP contribution in [-0.2, 0) is 11.3 Å². The van der Waals surface area contributed by atoms with Crippen molar-refractivity contribution in [3.05, 3.63) is 10.6 Å². The van der Waals surface area contributed by atoms with Crippen molar-refractivity contribution in [2.45, 2.75) is 25.5 Å². The van der Waals surface area contributed by atoms with Gasteiger partial charge in [0.2, 0.25) is 4.73 Å². The van der Waals surface area contributed by atoms with Gasteiger partial charge in [0, 0.05) is 13.7 Å². The quantitative estimate of drug-likeness (QED) is 0.736. The van der Waals surface area contributed by atoms with E-state index in [0.717, 1.165) is 25.2 Å². The van der Waals surface area contributed by atoms with E-state index in [0.29, 0.717) is 4.73 Å². The first-order valence-electron chi connectivity index (χ1n) is 3.94. The minimum atomic E-state index is 0.123. The fourth-order valence-electron chi connectivity index (χ4n) is 1.51. The number of hydrogen-bond acceptors (Lipinski definition) is 3. The number of hydrogen-bond donors (Lipinski definition) is 0. The van der Waals surface area contributed by atoms with E-state index < -0.39 is 0 Å². The molecular formula is C7H10BrN3O. The first-order valence-corrected chi connectivity index (χ1v) is 4.73. The van der Waals surface area contributed by atoms with Crippen molar-refractivity contribution in [2.75, 3.05) is 7.11 Å². The van der Waals surface area contributed by atoms with Crippen molar-refractivity contribution >= 4 is 15.9 Å². The Hall–Kier alpha value is -0.420. The number of aromatic nitrogens is 3. The third-order valence-electron chi connectivity index (χ3n) is 2.08. The monoisotopic (exact) mass is 231 g/mol. The molecule has 1 aliphatic heterocycles. The predicted octanol–water partition coefficient (Wildman–Crippen LogP) is 1.52. The molecule has 2 heterocycles. The van der Waals surface area contributed by atoms with Gasteiger partial charge in [-0.05, 0) is 28.8 Å². The molecule has 1 aromatic rings. The van der Waals surface area contributed by atoms with Crippen LogP contribution in [0.5, 0.6) is 0 Å². The zero-order valence-corrected chi connectivity index (χ0v) is 8.41. The molecule has 0 amide bonds. The number of fused-ring (bicyclic) bond motifs is 1. The van der Waals surface area contributed by atoms with Crippen LogP contribution >= 0.6 is 15.9 Å². The summed E-state index contributed by atoms with van der Waals surface area (Å²) in [5.74, 6) is 0.940. The Bertz CT molecular complexity index is 286. The van der Waals surface area contributed by atoms with Crippen LogP contribution in [0.25, 0.3) is 0 Å². The second-order valence-electron chi connectivity index (χ2n) is 2.83. The Labute approximate surface area is 79.1 Å². The molecule has 0 aliphatic carbocycles. The number of aryl methyl sites for hydroxylation is 1. The molecule has 5 heteroatoms. The van der Waals surface area contributed by atoms with Crippen LogP contribution in [-0.4, -0.2) is 21.9 Å². The molecule has 1 aromatic heterocycles. The number of methoxy groups -OCH3 is 1. The van der Waals surface area contributed by atoms with Crippen LogP contribution in [0.2, 0.25) is 0 Å². The standard InChI is InChI=1S/C7H10BrN3O/c1-12-5-3-2-4-11-6(5)9-7(8)10-11/h5H,2-4H2,1H3/t5-/m1/s1. The zero-order chi connectivity index (χ0) is 8.55. The number of nitrogens with zero attached hydrogens (tertiary/aromatic N) is 3. The van der Waals surface area contributed by atoms with Gasteiger partial charge in [-0.25, -0.2) is 9.67 Å².